The van der Waals surface area contributed by atoms with E-state index in [0.717, 1.165) is 6.42 Å². The first-order chi connectivity index (χ1) is 9.43. The summed E-state index contributed by atoms with van der Waals surface area (Å²) in [5.74, 6) is 0. The van der Waals surface area contributed by atoms with Gasteiger partial charge in [-0.1, -0.05) is 72.8 Å². The smallest absolute Gasteiger partial charge is 0 e. The Morgan fingerprint density at radius 1 is 0.700 bits per heavy atom. The van der Waals surface area contributed by atoms with Gasteiger partial charge < -0.3 is 0 Å². The van der Waals surface area contributed by atoms with Gasteiger partial charge in [-0.05, 0) is 39.4 Å². The molecular formula is C19H14Li. The molecule has 20 heavy (non-hydrogen) atoms. The van der Waals surface area contributed by atoms with Crippen LogP contribution in [-0.4, -0.2) is 18.9 Å². The molecule has 0 spiro atoms. The van der Waals surface area contributed by atoms with Crippen molar-refractivity contribution in [3.05, 3.63) is 77.9 Å². The molecule has 0 fully saturated rings. The number of hydrogen-bond donors (Lipinski definition) is 0. The summed E-state index contributed by atoms with van der Waals surface area (Å²) in [6.45, 7) is 0. The molecule has 1 radical (unpaired) electrons. The summed E-state index contributed by atoms with van der Waals surface area (Å²) in [7, 11) is 0. The quantitative estimate of drug-likeness (QED) is 0.548. The van der Waals surface area contributed by atoms with Gasteiger partial charge in [0.1, 0.15) is 0 Å². The minimum Gasteiger partial charge on any atom is -0.0795 e. The van der Waals surface area contributed by atoms with E-state index in [9.17, 15) is 0 Å². The van der Waals surface area contributed by atoms with Gasteiger partial charge in [0, 0.05) is 18.9 Å². The van der Waals surface area contributed by atoms with Crippen LogP contribution < -0.4 is 0 Å². The standard InChI is InChI=1S/C19H14.Li/c1-2-10-16-14(6-1)8-4-12-18(16)19-13-5-9-15-7-3-11-17(15)19;/h1-6,8-13H,7H2;. The molecule has 0 aliphatic heterocycles. The maximum atomic E-state index is 2.26. The predicted octanol–water partition coefficient (Wildman–Crippen LogP) is 4.70. The van der Waals surface area contributed by atoms with E-state index in [0.29, 0.717) is 0 Å². The summed E-state index contributed by atoms with van der Waals surface area (Å²) < 4.78 is 0. The molecule has 0 heterocycles. The zero-order valence-corrected chi connectivity index (χ0v) is 11.6. The molecule has 0 saturated carbocycles. The second-order valence-corrected chi connectivity index (χ2v) is 5.01. The average molecular weight is 249 g/mol. The second kappa shape index (κ2) is 5.33. The number of benzene rings is 3. The van der Waals surface area contributed by atoms with Crippen molar-refractivity contribution in [2.24, 2.45) is 0 Å². The molecule has 4 rings (SSSR count). The summed E-state index contributed by atoms with van der Waals surface area (Å²) in [6, 6.07) is 21.8. The molecule has 0 aromatic heterocycles. The monoisotopic (exact) mass is 249 g/mol. The van der Waals surface area contributed by atoms with Crippen molar-refractivity contribution in [1.29, 1.82) is 0 Å². The van der Waals surface area contributed by atoms with E-state index in [4.69, 9.17) is 0 Å². The minimum absolute atomic E-state index is 0. The number of hydrogen-bond acceptors (Lipinski definition) is 0. The van der Waals surface area contributed by atoms with Gasteiger partial charge in [-0.3, -0.25) is 0 Å². The summed E-state index contributed by atoms with van der Waals surface area (Å²) in [4.78, 5) is 0. The summed E-state index contributed by atoms with van der Waals surface area (Å²) >= 11 is 0. The SMILES string of the molecule is C1=Cc2c(cccc2-c2cccc3ccccc23)C1.[Li]. The van der Waals surface area contributed by atoms with Crippen molar-refractivity contribution in [2.75, 3.05) is 0 Å². The third-order valence-electron chi connectivity index (χ3n) is 3.90. The largest absolute Gasteiger partial charge is 0.0795 e. The van der Waals surface area contributed by atoms with Crippen molar-refractivity contribution < 1.29 is 0 Å². The van der Waals surface area contributed by atoms with Gasteiger partial charge >= 0.3 is 0 Å². The van der Waals surface area contributed by atoms with Crippen molar-refractivity contribution in [3.63, 3.8) is 0 Å². The van der Waals surface area contributed by atoms with Crippen LogP contribution in [0.2, 0.25) is 0 Å². The molecule has 1 aliphatic carbocycles. The van der Waals surface area contributed by atoms with Crippen molar-refractivity contribution in [2.45, 2.75) is 6.42 Å². The van der Waals surface area contributed by atoms with E-state index in [1.807, 2.05) is 0 Å². The topological polar surface area (TPSA) is 0 Å². The Labute approximate surface area is 131 Å². The van der Waals surface area contributed by atoms with E-state index in [1.165, 1.54) is 33.0 Å². The fourth-order valence-electron chi connectivity index (χ4n) is 2.99. The van der Waals surface area contributed by atoms with Gasteiger partial charge in [0.2, 0.25) is 0 Å². The van der Waals surface area contributed by atoms with Crippen LogP contribution in [0.25, 0.3) is 28.0 Å². The summed E-state index contributed by atoms with van der Waals surface area (Å²) in [6.07, 6.45) is 5.57. The van der Waals surface area contributed by atoms with Gasteiger partial charge in [0.25, 0.3) is 0 Å². The fraction of sp³-hybridized carbons (Fsp3) is 0.0526. The first kappa shape index (κ1) is 13.3. The molecule has 0 N–H and O–H groups in total. The normalized spacial score (nSPS) is 12.2. The number of fused-ring (bicyclic) bond motifs is 2. The van der Waals surface area contributed by atoms with E-state index < -0.39 is 0 Å². The Kier molecular flexibility index (Phi) is 3.53. The van der Waals surface area contributed by atoms with Crippen molar-refractivity contribution in [3.8, 4) is 11.1 Å². The van der Waals surface area contributed by atoms with Gasteiger partial charge in [0.05, 0.1) is 0 Å². The third kappa shape index (κ3) is 2.02. The zero-order valence-electron chi connectivity index (χ0n) is 11.6. The van der Waals surface area contributed by atoms with Crippen LogP contribution in [0.1, 0.15) is 11.1 Å². The van der Waals surface area contributed by atoms with Crippen LogP contribution in [0.4, 0.5) is 0 Å². The van der Waals surface area contributed by atoms with Gasteiger partial charge in [-0.25, -0.2) is 0 Å². The molecule has 0 saturated heterocycles. The first-order valence-corrected chi connectivity index (χ1v) is 6.70. The molecule has 0 unspecified atom stereocenters. The van der Waals surface area contributed by atoms with E-state index >= 15 is 0 Å². The van der Waals surface area contributed by atoms with Crippen LogP contribution in [0, 0.1) is 0 Å². The van der Waals surface area contributed by atoms with Crippen LogP contribution in [-0.2, 0) is 6.42 Å². The molecule has 0 atom stereocenters. The third-order valence-corrected chi connectivity index (χ3v) is 3.90. The van der Waals surface area contributed by atoms with Gasteiger partial charge in [-0.15, -0.1) is 0 Å². The van der Waals surface area contributed by atoms with Crippen LogP contribution in [0.3, 0.4) is 0 Å². The van der Waals surface area contributed by atoms with E-state index in [2.05, 4.69) is 72.8 Å². The zero-order chi connectivity index (χ0) is 12.7. The fourth-order valence-corrected chi connectivity index (χ4v) is 2.99. The Bertz CT molecular complexity index is 794. The Morgan fingerprint density at radius 3 is 2.40 bits per heavy atom. The summed E-state index contributed by atoms with van der Waals surface area (Å²) in [5.41, 5.74) is 5.51. The van der Waals surface area contributed by atoms with Crippen LogP contribution in [0.15, 0.2) is 66.7 Å². The Hall–Kier alpha value is -1.74. The molecule has 91 valence electrons. The predicted molar refractivity (Wildman–Crippen MR) is 87.9 cm³/mol. The van der Waals surface area contributed by atoms with Gasteiger partial charge in [0.15, 0.2) is 0 Å². The first-order valence-electron chi connectivity index (χ1n) is 6.70. The minimum atomic E-state index is 0. The van der Waals surface area contributed by atoms with Crippen molar-refractivity contribution in [1.82, 2.24) is 0 Å². The Balaban J connectivity index is 0.00000121. The van der Waals surface area contributed by atoms with Crippen LogP contribution in [0.5, 0.6) is 0 Å². The maximum absolute atomic E-state index is 2.26. The average Bonchev–Trinajstić information content (AvgIpc) is 2.95. The number of allylic oxidation sites excluding steroid dienone is 1. The molecule has 0 amide bonds. The van der Waals surface area contributed by atoms with E-state index in [-0.39, 0.29) is 18.9 Å². The molecular weight excluding hydrogens is 235 g/mol. The second-order valence-electron chi connectivity index (χ2n) is 5.01. The van der Waals surface area contributed by atoms with Crippen LogP contribution >= 0.6 is 0 Å². The molecule has 0 bridgehead atoms. The maximum Gasteiger partial charge on any atom is 0 e. The molecule has 1 heteroatoms. The molecule has 1 aliphatic rings. The summed E-state index contributed by atoms with van der Waals surface area (Å²) in [5, 5.41) is 2.64. The molecule has 3 aromatic rings. The van der Waals surface area contributed by atoms with E-state index in [1.54, 1.807) is 0 Å². The van der Waals surface area contributed by atoms with Gasteiger partial charge in [-0.2, -0.15) is 0 Å². The number of rotatable bonds is 1. The Morgan fingerprint density at radius 2 is 1.45 bits per heavy atom. The molecule has 0 nitrogen and oxygen atoms in total. The van der Waals surface area contributed by atoms with Crippen molar-refractivity contribution >= 4 is 35.7 Å². The molecule has 3 aromatic carbocycles.